The van der Waals surface area contributed by atoms with Gasteiger partial charge in [0.15, 0.2) is 11.5 Å². The fourth-order valence-electron chi connectivity index (χ4n) is 3.01. The molecule has 11 heteroatoms. The minimum Gasteiger partial charge on any atom is -0.493 e. The molecule has 2 N–H and O–H groups in total. The van der Waals surface area contributed by atoms with Gasteiger partial charge >= 0.3 is 0 Å². The van der Waals surface area contributed by atoms with E-state index in [9.17, 15) is 10.1 Å². The van der Waals surface area contributed by atoms with Gasteiger partial charge in [-0.25, -0.2) is 0 Å². The van der Waals surface area contributed by atoms with Crippen molar-refractivity contribution < 1.29 is 14.4 Å². The molecule has 0 aliphatic rings. The molecule has 3 aromatic carbocycles. The van der Waals surface area contributed by atoms with Crippen molar-refractivity contribution in [3.05, 3.63) is 90.9 Å². The predicted octanol–water partition coefficient (Wildman–Crippen LogP) is 6.77. The normalized spacial score (nSPS) is 10.4. The Morgan fingerprint density at radius 1 is 0.941 bits per heavy atom. The Labute approximate surface area is 218 Å². The molecule has 3 aromatic rings. The highest BCUT2D eigenvalue weighted by atomic mass is 35.5. The van der Waals surface area contributed by atoms with Crippen LogP contribution >= 0.6 is 47.2 Å². The van der Waals surface area contributed by atoms with Crippen LogP contribution in [0, 0.1) is 10.1 Å². The number of nitro groups is 1. The van der Waals surface area contributed by atoms with Crippen molar-refractivity contribution in [2.75, 3.05) is 25.5 Å². The van der Waals surface area contributed by atoms with Crippen molar-refractivity contribution in [2.24, 2.45) is 0 Å². The Balaban J connectivity index is 0.00000408. The molecule has 0 spiro atoms. The van der Waals surface area contributed by atoms with E-state index in [1.54, 1.807) is 25.3 Å². The molecule has 7 nitrogen and oxygen atoms in total. The van der Waals surface area contributed by atoms with E-state index < -0.39 is 4.92 Å². The highest BCUT2D eigenvalue weighted by Crippen LogP contribution is 2.30. The molecule has 0 heterocycles. The van der Waals surface area contributed by atoms with Crippen LogP contribution in [-0.2, 0) is 13.2 Å². The first-order valence-corrected chi connectivity index (χ1v) is 11.1. The molecule has 0 saturated heterocycles. The lowest BCUT2D eigenvalue weighted by molar-refractivity contribution is -0.384. The molecule has 0 saturated carbocycles. The molecule has 0 unspecified atom stereocenters. The topological polar surface area (TPSA) is 85.7 Å². The maximum atomic E-state index is 10.8. The van der Waals surface area contributed by atoms with E-state index in [2.05, 4.69) is 10.6 Å². The van der Waals surface area contributed by atoms with Crippen LogP contribution in [0.4, 0.5) is 11.4 Å². The summed E-state index contributed by atoms with van der Waals surface area (Å²) < 4.78 is 11.3. The first kappa shape index (κ1) is 27.8. The molecule has 0 bridgehead atoms. The van der Waals surface area contributed by atoms with E-state index >= 15 is 0 Å². The van der Waals surface area contributed by atoms with Crippen molar-refractivity contribution in [2.45, 2.75) is 13.2 Å². The number of hydrogen-bond acceptors (Lipinski definition) is 6. The van der Waals surface area contributed by atoms with Crippen LogP contribution in [-0.4, -0.2) is 25.1 Å². The summed E-state index contributed by atoms with van der Waals surface area (Å²) in [5.74, 6) is 1.23. The zero-order valence-corrected chi connectivity index (χ0v) is 21.2. The van der Waals surface area contributed by atoms with Gasteiger partial charge in [0.05, 0.1) is 22.7 Å². The van der Waals surface area contributed by atoms with Crippen LogP contribution in [0.2, 0.25) is 15.1 Å². The third kappa shape index (κ3) is 7.82. The van der Waals surface area contributed by atoms with Crippen LogP contribution < -0.4 is 20.1 Å². The largest absolute Gasteiger partial charge is 0.493 e. The zero-order valence-electron chi connectivity index (χ0n) is 18.1. The van der Waals surface area contributed by atoms with Gasteiger partial charge in [-0.1, -0.05) is 46.9 Å². The molecule has 34 heavy (non-hydrogen) atoms. The number of ether oxygens (including phenoxy) is 2. The van der Waals surface area contributed by atoms with Gasteiger partial charge in [-0.3, -0.25) is 10.1 Å². The maximum absolute atomic E-state index is 10.8. The van der Waals surface area contributed by atoms with Gasteiger partial charge in [-0.05, 0) is 35.9 Å². The molecule has 182 valence electrons. The fraction of sp³-hybridized carbons (Fsp3) is 0.217. The summed E-state index contributed by atoms with van der Waals surface area (Å²) in [5, 5.41) is 18.7. The number of halogens is 4. The maximum Gasteiger partial charge on any atom is 0.271 e. The van der Waals surface area contributed by atoms with Crippen LogP contribution in [0.3, 0.4) is 0 Å². The summed E-state index contributed by atoms with van der Waals surface area (Å²) in [7, 11) is 1.59. The van der Waals surface area contributed by atoms with Gasteiger partial charge in [-0.2, -0.15) is 0 Å². The number of anilines is 1. The minimum absolute atomic E-state index is 0. The van der Waals surface area contributed by atoms with Gasteiger partial charge in [0.25, 0.3) is 5.69 Å². The monoisotopic (exact) mass is 545 g/mol. The number of methoxy groups -OCH3 is 1. The molecule has 0 fully saturated rings. The highest BCUT2D eigenvalue weighted by Gasteiger charge is 2.10. The molecule has 0 aliphatic carbocycles. The van der Waals surface area contributed by atoms with E-state index in [1.165, 1.54) is 12.1 Å². The SMILES string of the molecule is COc1cc(CNCCNc2ccc([N+](=O)[O-])cc2Cl)ccc1OCc1ccc(Cl)cc1Cl.Cl. The number of nitro benzene ring substituents is 1. The number of benzene rings is 3. The predicted molar refractivity (Wildman–Crippen MR) is 139 cm³/mol. The third-order valence-corrected chi connectivity index (χ3v) is 5.64. The Morgan fingerprint density at radius 3 is 2.41 bits per heavy atom. The van der Waals surface area contributed by atoms with Crippen molar-refractivity contribution in [1.29, 1.82) is 0 Å². The Bertz CT molecular complexity index is 1130. The molecule has 0 aliphatic heterocycles. The number of nitrogens with zero attached hydrogens (tertiary/aromatic N) is 1. The first-order chi connectivity index (χ1) is 15.9. The van der Waals surface area contributed by atoms with E-state index in [0.29, 0.717) is 58.5 Å². The van der Waals surface area contributed by atoms with Gasteiger partial charge in [0.1, 0.15) is 6.61 Å². The van der Waals surface area contributed by atoms with E-state index in [0.717, 1.165) is 11.1 Å². The summed E-state index contributed by atoms with van der Waals surface area (Å²) in [4.78, 5) is 10.3. The molecule has 0 aromatic heterocycles. The summed E-state index contributed by atoms with van der Waals surface area (Å²) in [5.41, 5.74) is 2.46. The van der Waals surface area contributed by atoms with Gasteiger partial charge < -0.3 is 20.1 Å². The standard InChI is InChI=1S/C23H22Cl3N3O4.ClH/c1-32-23-10-15(2-7-22(23)33-14-16-3-4-17(24)11-19(16)25)13-27-8-9-28-21-6-5-18(29(30)31)12-20(21)26;/h2-7,10-12,27-28H,8-9,13-14H2,1H3;1H. The van der Waals surface area contributed by atoms with Crippen LogP contribution in [0.25, 0.3) is 0 Å². The number of rotatable bonds is 11. The average Bonchev–Trinajstić information content (AvgIpc) is 2.79. The van der Waals surface area contributed by atoms with Gasteiger partial charge in [0, 0.05) is 47.4 Å². The van der Waals surface area contributed by atoms with Gasteiger partial charge in [0.2, 0.25) is 0 Å². The number of non-ortho nitro benzene ring substituents is 1. The van der Waals surface area contributed by atoms with Crippen molar-refractivity contribution >= 4 is 58.6 Å². The third-order valence-electron chi connectivity index (χ3n) is 4.74. The number of hydrogen-bond donors (Lipinski definition) is 2. The van der Waals surface area contributed by atoms with Crippen molar-refractivity contribution in [3.63, 3.8) is 0 Å². The summed E-state index contributed by atoms with van der Waals surface area (Å²) in [6, 6.07) is 15.3. The molecule has 0 radical (unpaired) electrons. The number of nitrogens with one attached hydrogen (secondary N) is 2. The zero-order chi connectivity index (χ0) is 23.8. The lowest BCUT2D eigenvalue weighted by atomic mass is 10.2. The van der Waals surface area contributed by atoms with Crippen LogP contribution in [0.15, 0.2) is 54.6 Å². The first-order valence-electron chi connectivity index (χ1n) is 9.99. The van der Waals surface area contributed by atoms with Crippen molar-refractivity contribution in [3.8, 4) is 11.5 Å². The van der Waals surface area contributed by atoms with Crippen LogP contribution in [0.5, 0.6) is 11.5 Å². The van der Waals surface area contributed by atoms with E-state index in [-0.39, 0.29) is 18.1 Å². The Kier molecular flexibility index (Phi) is 11.0. The lowest BCUT2D eigenvalue weighted by Crippen LogP contribution is -2.21. The highest BCUT2D eigenvalue weighted by molar-refractivity contribution is 6.35. The van der Waals surface area contributed by atoms with E-state index in [4.69, 9.17) is 44.3 Å². The molecular weight excluding hydrogens is 524 g/mol. The second kappa shape index (κ2) is 13.5. The average molecular weight is 547 g/mol. The molecule has 0 atom stereocenters. The second-order valence-corrected chi connectivity index (χ2v) is 8.29. The smallest absolute Gasteiger partial charge is 0.271 e. The summed E-state index contributed by atoms with van der Waals surface area (Å²) >= 11 is 18.2. The van der Waals surface area contributed by atoms with Crippen molar-refractivity contribution in [1.82, 2.24) is 5.32 Å². The molecular formula is C23H23Cl4N3O4. The minimum atomic E-state index is -0.478. The summed E-state index contributed by atoms with van der Waals surface area (Å²) in [6.07, 6.45) is 0. The second-order valence-electron chi connectivity index (χ2n) is 7.03. The molecule has 0 amide bonds. The van der Waals surface area contributed by atoms with E-state index in [1.807, 2.05) is 24.3 Å². The fourth-order valence-corrected chi connectivity index (χ4v) is 3.72. The molecule has 3 rings (SSSR count). The lowest BCUT2D eigenvalue weighted by Gasteiger charge is -2.14. The Hall–Kier alpha value is -2.42. The quantitative estimate of drug-likeness (QED) is 0.157. The summed E-state index contributed by atoms with van der Waals surface area (Å²) in [6.45, 7) is 2.16. The van der Waals surface area contributed by atoms with Gasteiger partial charge in [-0.15, -0.1) is 12.4 Å². The Morgan fingerprint density at radius 2 is 1.74 bits per heavy atom. The van der Waals surface area contributed by atoms with Crippen LogP contribution in [0.1, 0.15) is 11.1 Å².